The normalized spacial score (nSPS) is 13.7. The molecule has 0 bridgehead atoms. The Morgan fingerprint density at radius 2 is 1.77 bits per heavy atom. The van der Waals surface area contributed by atoms with Crippen LogP contribution in [-0.4, -0.2) is 52.4 Å². The van der Waals surface area contributed by atoms with E-state index in [0.717, 1.165) is 48.9 Å². The Balaban J connectivity index is 1.31. The molecular weight excluding hydrogens is 466 g/mol. The largest absolute Gasteiger partial charge is 0.378 e. The summed E-state index contributed by atoms with van der Waals surface area (Å²) >= 11 is 1.28. The summed E-state index contributed by atoms with van der Waals surface area (Å²) < 4.78 is 7.31. The van der Waals surface area contributed by atoms with Crippen molar-refractivity contribution >= 4 is 45.8 Å². The van der Waals surface area contributed by atoms with E-state index in [0.29, 0.717) is 10.7 Å². The number of non-ortho nitro benzene ring substituents is 1. The van der Waals surface area contributed by atoms with Crippen LogP contribution in [0.3, 0.4) is 0 Å². The Kier molecular flexibility index (Phi) is 6.64. The molecule has 4 aromatic rings. The first-order valence-corrected chi connectivity index (χ1v) is 12.1. The smallest absolute Gasteiger partial charge is 0.271 e. The monoisotopic (exact) mass is 489 g/mol. The number of rotatable bonds is 7. The molecular formula is C25H23N5O4S. The number of imidazole rings is 1. The molecule has 1 aliphatic rings. The molecule has 9 nitrogen and oxygen atoms in total. The van der Waals surface area contributed by atoms with Crippen molar-refractivity contribution in [2.75, 3.05) is 42.3 Å². The minimum Gasteiger partial charge on any atom is -0.378 e. The maximum absolute atomic E-state index is 12.7. The van der Waals surface area contributed by atoms with Gasteiger partial charge in [0.2, 0.25) is 5.91 Å². The van der Waals surface area contributed by atoms with Crippen LogP contribution in [0.4, 0.5) is 17.1 Å². The van der Waals surface area contributed by atoms with Crippen LogP contribution in [0.25, 0.3) is 16.7 Å². The van der Waals surface area contributed by atoms with Gasteiger partial charge in [-0.05, 0) is 42.5 Å². The number of anilines is 2. The predicted octanol–water partition coefficient (Wildman–Crippen LogP) is 4.50. The van der Waals surface area contributed by atoms with Crippen LogP contribution in [0.2, 0.25) is 0 Å². The molecule has 178 valence electrons. The van der Waals surface area contributed by atoms with E-state index < -0.39 is 4.92 Å². The van der Waals surface area contributed by atoms with Gasteiger partial charge >= 0.3 is 0 Å². The number of carbonyl (C=O) groups is 1. The van der Waals surface area contributed by atoms with E-state index in [1.54, 1.807) is 6.07 Å². The average Bonchev–Trinajstić information content (AvgIpc) is 3.26. The van der Waals surface area contributed by atoms with Crippen molar-refractivity contribution in [2.45, 2.75) is 5.16 Å². The van der Waals surface area contributed by atoms with E-state index in [-0.39, 0.29) is 17.3 Å². The second kappa shape index (κ2) is 10.2. The Morgan fingerprint density at radius 3 is 2.49 bits per heavy atom. The molecule has 0 unspecified atom stereocenters. The fourth-order valence-corrected chi connectivity index (χ4v) is 4.82. The van der Waals surface area contributed by atoms with Gasteiger partial charge in [-0.3, -0.25) is 19.5 Å². The highest BCUT2D eigenvalue weighted by atomic mass is 32.2. The Hall–Kier alpha value is -3.89. The summed E-state index contributed by atoms with van der Waals surface area (Å²) in [6, 6.07) is 22.0. The molecule has 35 heavy (non-hydrogen) atoms. The van der Waals surface area contributed by atoms with Crippen LogP contribution in [0, 0.1) is 10.1 Å². The third kappa shape index (κ3) is 5.13. The van der Waals surface area contributed by atoms with Crippen LogP contribution < -0.4 is 10.2 Å². The van der Waals surface area contributed by atoms with Crippen molar-refractivity contribution < 1.29 is 14.5 Å². The minimum atomic E-state index is -0.439. The number of nitro benzene ring substituents is 1. The number of thioether (sulfide) groups is 1. The van der Waals surface area contributed by atoms with Crippen molar-refractivity contribution in [2.24, 2.45) is 0 Å². The van der Waals surface area contributed by atoms with E-state index in [9.17, 15) is 14.9 Å². The quantitative estimate of drug-likeness (QED) is 0.232. The molecule has 2 heterocycles. The van der Waals surface area contributed by atoms with Gasteiger partial charge in [-0.15, -0.1) is 0 Å². The van der Waals surface area contributed by atoms with Crippen molar-refractivity contribution in [3.63, 3.8) is 0 Å². The first-order valence-electron chi connectivity index (χ1n) is 11.2. The molecule has 0 spiro atoms. The minimum absolute atomic E-state index is 0.0231. The third-order valence-electron chi connectivity index (χ3n) is 5.69. The van der Waals surface area contributed by atoms with Gasteiger partial charge in [0.15, 0.2) is 5.16 Å². The molecule has 5 rings (SSSR count). The highest BCUT2D eigenvalue weighted by molar-refractivity contribution is 7.99. The van der Waals surface area contributed by atoms with Crippen LogP contribution in [0.5, 0.6) is 0 Å². The Labute approximate surface area is 205 Å². The molecule has 1 aliphatic heterocycles. The number of hydrogen-bond donors (Lipinski definition) is 1. The van der Waals surface area contributed by atoms with Gasteiger partial charge in [0.1, 0.15) is 0 Å². The van der Waals surface area contributed by atoms with E-state index >= 15 is 0 Å². The zero-order valence-electron chi connectivity index (χ0n) is 18.8. The molecule has 0 saturated carbocycles. The van der Waals surface area contributed by atoms with E-state index in [2.05, 4.69) is 15.2 Å². The van der Waals surface area contributed by atoms with E-state index in [1.807, 2.05) is 59.2 Å². The van der Waals surface area contributed by atoms with Gasteiger partial charge in [-0.25, -0.2) is 4.98 Å². The fraction of sp³-hybridized carbons (Fsp3) is 0.200. The van der Waals surface area contributed by atoms with E-state index in [4.69, 9.17) is 4.74 Å². The number of nitro groups is 1. The summed E-state index contributed by atoms with van der Waals surface area (Å²) in [5, 5.41) is 14.7. The van der Waals surface area contributed by atoms with Crippen molar-refractivity contribution in [1.29, 1.82) is 0 Å². The van der Waals surface area contributed by atoms with Gasteiger partial charge in [0, 0.05) is 42.3 Å². The summed E-state index contributed by atoms with van der Waals surface area (Å²) in [4.78, 5) is 30.3. The van der Waals surface area contributed by atoms with Crippen molar-refractivity contribution in [3.8, 4) is 5.69 Å². The van der Waals surface area contributed by atoms with Gasteiger partial charge < -0.3 is 15.0 Å². The molecule has 1 saturated heterocycles. The number of hydrogen-bond acceptors (Lipinski definition) is 7. The predicted molar refractivity (Wildman–Crippen MR) is 137 cm³/mol. The van der Waals surface area contributed by atoms with Gasteiger partial charge in [-0.2, -0.15) is 0 Å². The van der Waals surface area contributed by atoms with Gasteiger partial charge in [0.25, 0.3) is 5.69 Å². The second-order valence-corrected chi connectivity index (χ2v) is 8.92. The standard InChI is InChI=1S/C25H23N5O4S/c31-24(26-18-6-8-19(9-7-18)28-12-14-34-15-13-28)17-35-25-27-22-16-21(30(32)33)10-11-23(22)29(25)20-4-2-1-3-5-20/h1-11,16H,12-15,17H2,(H,26,31). The molecule has 1 amide bonds. The molecule has 1 fully saturated rings. The van der Waals surface area contributed by atoms with Crippen LogP contribution >= 0.6 is 11.8 Å². The number of nitrogens with zero attached hydrogens (tertiary/aromatic N) is 4. The first-order chi connectivity index (χ1) is 17.1. The molecule has 10 heteroatoms. The molecule has 3 aromatic carbocycles. The molecule has 0 atom stereocenters. The fourth-order valence-electron chi connectivity index (χ4n) is 3.99. The lowest BCUT2D eigenvalue weighted by atomic mass is 10.2. The summed E-state index contributed by atoms with van der Waals surface area (Å²) in [7, 11) is 0. The number of morpholine rings is 1. The number of amides is 1. The lowest BCUT2D eigenvalue weighted by Crippen LogP contribution is -2.36. The number of fused-ring (bicyclic) bond motifs is 1. The molecule has 1 N–H and O–H groups in total. The zero-order valence-corrected chi connectivity index (χ0v) is 19.6. The lowest BCUT2D eigenvalue weighted by Gasteiger charge is -2.28. The van der Waals surface area contributed by atoms with E-state index in [1.165, 1.54) is 23.9 Å². The maximum Gasteiger partial charge on any atom is 0.271 e. The molecule has 0 aliphatic carbocycles. The Bertz CT molecular complexity index is 1350. The molecule has 1 aromatic heterocycles. The zero-order chi connectivity index (χ0) is 24.2. The summed E-state index contributed by atoms with van der Waals surface area (Å²) in [6.45, 7) is 3.15. The lowest BCUT2D eigenvalue weighted by molar-refractivity contribution is -0.384. The van der Waals surface area contributed by atoms with Crippen molar-refractivity contribution in [3.05, 3.63) is 82.9 Å². The summed E-state index contributed by atoms with van der Waals surface area (Å²) in [5.41, 5.74) is 3.91. The number of nitrogens with one attached hydrogen (secondary N) is 1. The average molecular weight is 490 g/mol. The van der Waals surface area contributed by atoms with Gasteiger partial charge in [-0.1, -0.05) is 30.0 Å². The van der Waals surface area contributed by atoms with Crippen molar-refractivity contribution in [1.82, 2.24) is 9.55 Å². The molecule has 0 radical (unpaired) electrons. The second-order valence-electron chi connectivity index (χ2n) is 7.98. The number of carbonyl (C=O) groups excluding carboxylic acids is 1. The maximum atomic E-state index is 12.7. The van der Waals surface area contributed by atoms with Crippen LogP contribution in [0.15, 0.2) is 78.0 Å². The number of aromatic nitrogens is 2. The number of para-hydroxylation sites is 1. The third-order valence-corrected chi connectivity index (χ3v) is 6.63. The highest BCUT2D eigenvalue weighted by Gasteiger charge is 2.18. The highest BCUT2D eigenvalue weighted by Crippen LogP contribution is 2.30. The number of ether oxygens (including phenoxy) is 1. The van der Waals surface area contributed by atoms with Crippen LogP contribution in [0.1, 0.15) is 0 Å². The first kappa shape index (κ1) is 22.9. The van der Waals surface area contributed by atoms with Gasteiger partial charge in [0.05, 0.1) is 34.9 Å². The summed E-state index contributed by atoms with van der Waals surface area (Å²) in [6.07, 6.45) is 0. The Morgan fingerprint density at radius 1 is 1.03 bits per heavy atom. The summed E-state index contributed by atoms with van der Waals surface area (Å²) in [5.74, 6) is -0.0181. The number of benzene rings is 3. The topological polar surface area (TPSA) is 103 Å². The SMILES string of the molecule is O=C(CSc1nc2cc([N+](=O)[O-])ccc2n1-c1ccccc1)Nc1ccc(N2CCOCC2)cc1. The van der Waals surface area contributed by atoms with Crippen LogP contribution in [-0.2, 0) is 9.53 Å².